The highest BCUT2D eigenvalue weighted by Gasteiger charge is 2.24. The second-order valence-corrected chi connectivity index (χ2v) is 6.89. The average molecular weight is 396 g/mol. The zero-order valence-corrected chi connectivity index (χ0v) is 16.2. The first-order chi connectivity index (χ1) is 13.4. The lowest BCUT2D eigenvalue weighted by molar-refractivity contribution is 0.0531. The Bertz CT molecular complexity index is 1200. The lowest BCUT2D eigenvalue weighted by atomic mass is 10.1. The van der Waals surface area contributed by atoms with Crippen LogP contribution in [0.3, 0.4) is 0 Å². The van der Waals surface area contributed by atoms with Crippen LogP contribution in [0.2, 0.25) is 0 Å². The Morgan fingerprint density at radius 1 is 1.32 bits per heavy atom. The third-order valence-corrected chi connectivity index (χ3v) is 5.31. The molecular formula is C19H16N4O4S. The highest BCUT2D eigenvalue weighted by Crippen LogP contribution is 2.33. The van der Waals surface area contributed by atoms with E-state index in [1.165, 1.54) is 7.05 Å². The first kappa shape index (κ1) is 19.3. The van der Waals surface area contributed by atoms with Gasteiger partial charge < -0.3 is 10.1 Å². The number of ether oxygens (including phenoxy) is 1. The minimum atomic E-state index is -0.583. The molecule has 142 valence electrons. The Morgan fingerprint density at radius 3 is 2.64 bits per heavy atom. The molecule has 0 saturated heterocycles. The van der Waals surface area contributed by atoms with Crippen molar-refractivity contribution in [2.45, 2.75) is 13.8 Å². The number of nitrogens with one attached hydrogen (secondary N) is 1. The number of aryl methyl sites for hydroxylation is 1. The maximum atomic E-state index is 12.9. The van der Waals surface area contributed by atoms with E-state index in [0.29, 0.717) is 16.3 Å². The normalized spacial score (nSPS) is 10.5. The van der Waals surface area contributed by atoms with Gasteiger partial charge in [0, 0.05) is 12.4 Å². The summed E-state index contributed by atoms with van der Waals surface area (Å²) in [4.78, 5) is 37.4. The van der Waals surface area contributed by atoms with Crippen molar-refractivity contribution in [1.29, 1.82) is 5.26 Å². The molecular weight excluding hydrogens is 380 g/mol. The number of benzene rings is 1. The molecule has 0 bridgehead atoms. The van der Waals surface area contributed by atoms with Crippen molar-refractivity contribution >= 4 is 39.0 Å². The number of fused-ring (bicyclic) bond motifs is 1. The summed E-state index contributed by atoms with van der Waals surface area (Å²) in [5, 5.41) is 17.2. The van der Waals surface area contributed by atoms with Gasteiger partial charge in [-0.25, -0.2) is 9.48 Å². The van der Waals surface area contributed by atoms with Crippen LogP contribution in [0.25, 0.3) is 10.8 Å². The first-order valence-electron chi connectivity index (χ1n) is 8.37. The maximum Gasteiger partial charge on any atom is 0.348 e. The summed E-state index contributed by atoms with van der Waals surface area (Å²) in [5.74, 6) is -1.13. The molecule has 3 rings (SSSR count). The first-order valence-corrected chi connectivity index (χ1v) is 9.18. The molecule has 28 heavy (non-hydrogen) atoms. The van der Waals surface area contributed by atoms with E-state index in [2.05, 4.69) is 10.4 Å². The van der Waals surface area contributed by atoms with E-state index in [1.807, 2.05) is 6.07 Å². The number of esters is 1. The molecule has 1 N–H and O–H groups in total. The Kier molecular flexibility index (Phi) is 5.24. The molecule has 0 radical (unpaired) electrons. The third-order valence-electron chi connectivity index (χ3n) is 4.12. The highest BCUT2D eigenvalue weighted by molar-refractivity contribution is 7.18. The molecule has 3 aromatic rings. The van der Waals surface area contributed by atoms with Gasteiger partial charge in [-0.2, -0.15) is 10.4 Å². The van der Waals surface area contributed by atoms with Crippen LogP contribution in [0.5, 0.6) is 0 Å². The number of hydrogen-bond acceptors (Lipinski definition) is 7. The Balaban J connectivity index is 2.06. The lowest BCUT2D eigenvalue weighted by Crippen LogP contribution is -2.25. The molecule has 0 aliphatic heterocycles. The molecule has 1 aromatic carbocycles. The van der Waals surface area contributed by atoms with Crippen LogP contribution in [0.15, 0.2) is 29.1 Å². The molecule has 0 spiro atoms. The van der Waals surface area contributed by atoms with E-state index in [4.69, 9.17) is 4.74 Å². The predicted octanol–water partition coefficient (Wildman–Crippen LogP) is 2.60. The number of carbonyl (C=O) groups is 2. The van der Waals surface area contributed by atoms with E-state index in [1.54, 1.807) is 38.1 Å². The maximum absolute atomic E-state index is 12.9. The topological polar surface area (TPSA) is 114 Å². The molecule has 1 amide bonds. The largest absolute Gasteiger partial charge is 0.462 e. The van der Waals surface area contributed by atoms with Gasteiger partial charge in [-0.05, 0) is 25.5 Å². The van der Waals surface area contributed by atoms with Gasteiger partial charge in [0.05, 0.1) is 17.6 Å². The van der Waals surface area contributed by atoms with E-state index in [0.717, 1.165) is 16.0 Å². The summed E-state index contributed by atoms with van der Waals surface area (Å²) in [6, 6.07) is 8.66. The van der Waals surface area contributed by atoms with E-state index in [-0.39, 0.29) is 33.3 Å². The molecule has 2 heterocycles. The fourth-order valence-electron chi connectivity index (χ4n) is 2.76. The van der Waals surface area contributed by atoms with Crippen molar-refractivity contribution in [3.05, 3.63) is 56.3 Å². The van der Waals surface area contributed by atoms with Crippen molar-refractivity contribution in [3.8, 4) is 6.07 Å². The van der Waals surface area contributed by atoms with Gasteiger partial charge in [0.15, 0.2) is 5.69 Å². The number of anilines is 1. The van der Waals surface area contributed by atoms with Crippen molar-refractivity contribution < 1.29 is 14.3 Å². The Labute approximate surface area is 164 Å². The molecule has 0 fully saturated rings. The van der Waals surface area contributed by atoms with Gasteiger partial charge in [-0.1, -0.05) is 18.2 Å². The SMILES string of the molecule is CCOC(=O)c1sc(NC(=O)c2nn(C)c(=O)c3ccccc23)c(C#N)c1C. The summed E-state index contributed by atoms with van der Waals surface area (Å²) in [6.45, 7) is 3.51. The van der Waals surface area contributed by atoms with E-state index in [9.17, 15) is 19.6 Å². The number of amides is 1. The second kappa shape index (κ2) is 7.62. The molecule has 0 aliphatic carbocycles. The summed E-state index contributed by atoms with van der Waals surface area (Å²) >= 11 is 0.969. The van der Waals surface area contributed by atoms with Crippen molar-refractivity contribution in [2.75, 3.05) is 11.9 Å². The van der Waals surface area contributed by atoms with Crippen LogP contribution in [0.1, 0.15) is 38.2 Å². The highest BCUT2D eigenvalue weighted by atomic mass is 32.1. The fraction of sp³-hybridized carbons (Fsp3) is 0.211. The van der Waals surface area contributed by atoms with Crippen LogP contribution in [0.4, 0.5) is 5.00 Å². The number of carbonyl (C=O) groups excluding carboxylic acids is 2. The van der Waals surface area contributed by atoms with Crippen LogP contribution >= 0.6 is 11.3 Å². The standard InChI is InChI=1S/C19H16N4O4S/c1-4-27-19(26)15-10(2)13(9-20)17(28-15)21-16(24)14-11-7-5-6-8-12(11)18(25)23(3)22-14/h5-8H,4H2,1-3H3,(H,21,24). The molecule has 2 aromatic heterocycles. The van der Waals surface area contributed by atoms with Crippen LogP contribution < -0.4 is 10.9 Å². The Hall–Kier alpha value is -3.51. The second-order valence-electron chi connectivity index (χ2n) is 5.87. The molecule has 8 nitrogen and oxygen atoms in total. The van der Waals surface area contributed by atoms with Crippen molar-refractivity contribution in [2.24, 2.45) is 7.05 Å². The Morgan fingerprint density at radius 2 is 2.00 bits per heavy atom. The zero-order valence-electron chi connectivity index (χ0n) is 15.4. The zero-order chi connectivity index (χ0) is 20.4. The van der Waals surface area contributed by atoms with Gasteiger partial charge in [0.25, 0.3) is 11.5 Å². The predicted molar refractivity (Wildman–Crippen MR) is 105 cm³/mol. The van der Waals surface area contributed by atoms with Gasteiger partial charge in [0.1, 0.15) is 15.9 Å². The van der Waals surface area contributed by atoms with Gasteiger partial charge >= 0.3 is 5.97 Å². The summed E-state index contributed by atoms with van der Waals surface area (Å²) < 4.78 is 6.09. The lowest BCUT2D eigenvalue weighted by Gasteiger charge is -2.08. The van der Waals surface area contributed by atoms with Crippen molar-refractivity contribution in [1.82, 2.24) is 9.78 Å². The summed E-state index contributed by atoms with van der Waals surface area (Å²) in [6.07, 6.45) is 0. The summed E-state index contributed by atoms with van der Waals surface area (Å²) in [7, 11) is 1.46. The van der Waals surface area contributed by atoms with Crippen molar-refractivity contribution in [3.63, 3.8) is 0 Å². The minimum absolute atomic E-state index is 0.0466. The van der Waals surface area contributed by atoms with Crippen LogP contribution in [-0.2, 0) is 11.8 Å². The van der Waals surface area contributed by atoms with Gasteiger partial charge in [-0.15, -0.1) is 11.3 Å². The fourth-order valence-corrected chi connectivity index (χ4v) is 3.80. The third kappa shape index (κ3) is 3.25. The molecule has 0 saturated carbocycles. The van der Waals surface area contributed by atoms with E-state index < -0.39 is 11.9 Å². The monoisotopic (exact) mass is 396 g/mol. The average Bonchev–Trinajstić information content (AvgIpc) is 3.00. The molecule has 0 unspecified atom stereocenters. The molecule has 0 aliphatic rings. The number of aromatic nitrogens is 2. The number of hydrogen-bond donors (Lipinski definition) is 1. The smallest absolute Gasteiger partial charge is 0.348 e. The minimum Gasteiger partial charge on any atom is -0.462 e. The van der Waals surface area contributed by atoms with Gasteiger partial charge in [-0.3, -0.25) is 9.59 Å². The van der Waals surface area contributed by atoms with Crippen LogP contribution in [-0.4, -0.2) is 28.3 Å². The van der Waals surface area contributed by atoms with E-state index >= 15 is 0 Å². The molecule has 9 heteroatoms. The number of thiophene rings is 1. The quantitative estimate of drug-likeness (QED) is 0.678. The number of nitriles is 1. The number of nitrogens with zero attached hydrogens (tertiary/aromatic N) is 3. The number of rotatable bonds is 4. The molecule has 0 atom stereocenters. The summed E-state index contributed by atoms with van der Waals surface area (Å²) in [5.41, 5.74) is 0.363. The van der Waals surface area contributed by atoms with Crippen LogP contribution in [0, 0.1) is 18.3 Å². The van der Waals surface area contributed by atoms with Gasteiger partial charge in [0.2, 0.25) is 0 Å².